The number of aldehydes is 1. The third-order valence-electron chi connectivity index (χ3n) is 1.80. The molecule has 0 atom stereocenters. The maximum atomic E-state index is 10.5. The monoisotopic (exact) mass is 151 g/mol. The number of hydrogen-bond donors (Lipinski definition) is 0. The molecule has 0 aliphatic rings. The normalized spacial score (nSPS) is 10.0. The molecule has 0 bridgehead atoms. The second-order valence-corrected chi connectivity index (χ2v) is 2.67. The molecule has 60 valence electrons. The van der Waals surface area contributed by atoms with Gasteiger partial charge >= 0.3 is 0 Å². The van der Waals surface area contributed by atoms with E-state index in [1.54, 1.807) is 0 Å². The zero-order chi connectivity index (χ0) is 8.27. The van der Waals surface area contributed by atoms with E-state index >= 15 is 0 Å². The lowest BCUT2D eigenvalue weighted by Crippen LogP contribution is -2.02. The molecule has 0 fully saturated rings. The summed E-state index contributed by atoms with van der Waals surface area (Å²) in [6.07, 6.45) is 1.97. The summed E-state index contributed by atoms with van der Waals surface area (Å²) in [4.78, 5) is 10.5. The Morgan fingerprint density at radius 3 is 2.82 bits per heavy atom. The molecule has 0 amide bonds. The fraction of sp³-hybridized carbons (Fsp3) is 0.444. The van der Waals surface area contributed by atoms with E-state index in [4.69, 9.17) is 0 Å². The van der Waals surface area contributed by atoms with Crippen molar-refractivity contribution in [3.05, 3.63) is 23.5 Å². The fourth-order valence-electron chi connectivity index (χ4n) is 1.22. The van der Waals surface area contributed by atoms with Crippen LogP contribution in [0.3, 0.4) is 0 Å². The molecule has 0 aliphatic carbocycles. The molecule has 1 rings (SSSR count). The van der Waals surface area contributed by atoms with Gasteiger partial charge < -0.3 is 4.57 Å². The highest BCUT2D eigenvalue weighted by atomic mass is 16.1. The molecule has 11 heavy (non-hydrogen) atoms. The number of aryl methyl sites for hydroxylation is 1. The first-order chi connectivity index (χ1) is 5.29. The van der Waals surface area contributed by atoms with E-state index in [2.05, 4.69) is 6.92 Å². The summed E-state index contributed by atoms with van der Waals surface area (Å²) >= 11 is 0. The molecule has 0 unspecified atom stereocenters. The maximum Gasteiger partial charge on any atom is 0.166 e. The number of nitrogens with zero attached hydrogens (tertiary/aromatic N) is 1. The molecule has 0 spiro atoms. The van der Waals surface area contributed by atoms with Crippen molar-refractivity contribution in [3.8, 4) is 0 Å². The zero-order valence-corrected chi connectivity index (χ0v) is 7.00. The SMILES string of the molecule is CCCn1c(C)ccc1C=O. The first kappa shape index (κ1) is 8.05. The largest absolute Gasteiger partial charge is 0.343 e. The highest BCUT2D eigenvalue weighted by molar-refractivity contribution is 5.72. The van der Waals surface area contributed by atoms with Crippen LogP contribution in [0.1, 0.15) is 29.5 Å². The van der Waals surface area contributed by atoms with Crippen LogP contribution < -0.4 is 0 Å². The summed E-state index contributed by atoms with van der Waals surface area (Å²) in [5.74, 6) is 0. The van der Waals surface area contributed by atoms with Gasteiger partial charge in [-0.1, -0.05) is 6.92 Å². The second kappa shape index (κ2) is 3.37. The van der Waals surface area contributed by atoms with E-state index in [1.807, 2.05) is 23.6 Å². The van der Waals surface area contributed by atoms with Crippen molar-refractivity contribution in [2.45, 2.75) is 26.8 Å². The lowest BCUT2D eigenvalue weighted by Gasteiger charge is -2.04. The quantitative estimate of drug-likeness (QED) is 0.606. The lowest BCUT2D eigenvalue weighted by molar-refractivity contribution is 0.111. The topological polar surface area (TPSA) is 22.0 Å². The van der Waals surface area contributed by atoms with Crippen LogP contribution in [-0.2, 0) is 6.54 Å². The van der Waals surface area contributed by atoms with Crippen LogP contribution in [-0.4, -0.2) is 10.9 Å². The minimum Gasteiger partial charge on any atom is -0.343 e. The van der Waals surface area contributed by atoms with E-state index in [1.165, 1.54) is 0 Å². The molecule has 0 N–H and O–H groups in total. The summed E-state index contributed by atoms with van der Waals surface area (Å²) in [7, 11) is 0. The molecule has 2 nitrogen and oxygen atoms in total. The van der Waals surface area contributed by atoms with Gasteiger partial charge in [0.1, 0.15) is 0 Å². The molecule has 1 heterocycles. The summed E-state index contributed by atoms with van der Waals surface area (Å²) < 4.78 is 2.03. The van der Waals surface area contributed by atoms with E-state index in [0.717, 1.165) is 30.6 Å². The Hall–Kier alpha value is -1.05. The van der Waals surface area contributed by atoms with Crippen LogP contribution in [0.15, 0.2) is 12.1 Å². The van der Waals surface area contributed by atoms with Gasteiger partial charge in [-0.3, -0.25) is 4.79 Å². The molecule has 0 saturated carbocycles. The minimum atomic E-state index is 0.782. The molecule has 2 heteroatoms. The van der Waals surface area contributed by atoms with Gasteiger partial charge in [0.2, 0.25) is 0 Å². The first-order valence-electron chi connectivity index (χ1n) is 3.91. The molecule has 1 aromatic heterocycles. The Labute approximate surface area is 66.8 Å². The van der Waals surface area contributed by atoms with E-state index in [9.17, 15) is 4.79 Å². The molecule has 0 radical (unpaired) electrons. The molecule has 1 aromatic rings. The zero-order valence-electron chi connectivity index (χ0n) is 7.00. The van der Waals surface area contributed by atoms with Crippen LogP contribution in [0.4, 0.5) is 0 Å². The predicted octanol–water partition coefficient (Wildman–Crippen LogP) is 2.02. The van der Waals surface area contributed by atoms with Gasteiger partial charge in [0, 0.05) is 12.2 Å². The summed E-state index contributed by atoms with van der Waals surface area (Å²) in [5, 5.41) is 0. The van der Waals surface area contributed by atoms with Crippen molar-refractivity contribution >= 4 is 6.29 Å². The molecule has 0 aliphatic heterocycles. The van der Waals surface area contributed by atoms with Crippen LogP contribution in [0.25, 0.3) is 0 Å². The Morgan fingerprint density at radius 2 is 2.27 bits per heavy atom. The van der Waals surface area contributed by atoms with Gasteiger partial charge in [0.15, 0.2) is 6.29 Å². The van der Waals surface area contributed by atoms with Crippen molar-refractivity contribution in [1.29, 1.82) is 0 Å². The van der Waals surface area contributed by atoms with Crippen LogP contribution >= 0.6 is 0 Å². The number of carbonyl (C=O) groups is 1. The standard InChI is InChI=1S/C9H13NO/c1-3-6-10-8(2)4-5-9(10)7-11/h4-5,7H,3,6H2,1-2H3. The average molecular weight is 151 g/mol. The van der Waals surface area contributed by atoms with Gasteiger partial charge in [0.25, 0.3) is 0 Å². The van der Waals surface area contributed by atoms with Crippen molar-refractivity contribution in [1.82, 2.24) is 4.57 Å². The summed E-state index contributed by atoms with van der Waals surface area (Å²) in [6, 6.07) is 3.83. The average Bonchev–Trinajstić information content (AvgIpc) is 2.34. The molecular formula is C9H13NO. The maximum absolute atomic E-state index is 10.5. The first-order valence-corrected chi connectivity index (χ1v) is 3.91. The molecule has 0 saturated heterocycles. The Balaban J connectivity index is 2.97. The number of aromatic nitrogens is 1. The Bertz CT molecular complexity index is 250. The van der Waals surface area contributed by atoms with Gasteiger partial charge in [-0.2, -0.15) is 0 Å². The van der Waals surface area contributed by atoms with Crippen LogP contribution in [0.2, 0.25) is 0 Å². The number of hydrogen-bond acceptors (Lipinski definition) is 1. The Morgan fingerprint density at radius 1 is 1.55 bits per heavy atom. The molecular weight excluding hydrogens is 138 g/mol. The smallest absolute Gasteiger partial charge is 0.166 e. The predicted molar refractivity (Wildman–Crippen MR) is 44.8 cm³/mol. The summed E-state index contributed by atoms with van der Waals surface area (Å²) in [5.41, 5.74) is 1.94. The van der Waals surface area contributed by atoms with E-state index in [0.29, 0.717) is 0 Å². The van der Waals surface area contributed by atoms with Crippen LogP contribution in [0, 0.1) is 6.92 Å². The van der Waals surface area contributed by atoms with Crippen molar-refractivity contribution in [3.63, 3.8) is 0 Å². The fourth-order valence-corrected chi connectivity index (χ4v) is 1.22. The van der Waals surface area contributed by atoms with E-state index < -0.39 is 0 Å². The third kappa shape index (κ3) is 1.50. The number of carbonyl (C=O) groups excluding carboxylic acids is 1. The summed E-state index contributed by atoms with van der Waals surface area (Å²) in [6.45, 7) is 5.06. The Kier molecular flexibility index (Phi) is 2.47. The number of rotatable bonds is 3. The lowest BCUT2D eigenvalue weighted by atomic mass is 10.4. The van der Waals surface area contributed by atoms with Crippen molar-refractivity contribution < 1.29 is 4.79 Å². The van der Waals surface area contributed by atoms with Gasteiger partial charge in [-0.05, 0) is 25.5 Å². The van der Waals surface area contributed by atoms with Crippen molar-refractivity contribution in [2.75, 3.05) is 0 Å². The third-order valence-corrected chi connectivity index (χ3v) is 1.80. The minimum absolute atomic E-state index is 0.782. The van der Waals surface area contributed by atoms with Gasteiger partial charge in [0.05, 0.1) is 5.69 Å². The van der Waals surface area contributed by atoms with Crippen LogP contribution in [0.5, 0.6) is 0 Å². The highest BCUT2D eigenvalue weighted by Crippen LogP contribution is 2.06. The van der Waals surface area contributed by atoms with E-state index in [-0.39, 0.29) is 0 Å². The van der Waals surface area contributed by atoms with Gasteiger partial charge in [-0.15, -0.1) is 0 Å². The second-order valence-electron chi connectivity index (χ2n) is 2.67. The highest BCUT2D eigenvalue weighted by Gasteiger charge is 2.00. The van der Waals surface area contributed by atoms with Gasteiger partial charge in [-0.25, -0.2) is 0 Å². The van der Waals surface area contributed by atoms with Crippen molar-refractivity contribution in [2.24, 2.45) is 0 Å². The molecule has 0 aromatic carbocycles.